The number of ketones is 2. The van der Waals surface area contributed by atoms with Crippen LogP contribution in [-0.4, -0.2) is 73.8 Å². The zero-order valence-electron chi connectivity index (χ0n) is 24.7. The van der Waals surface area contributed by atoms with Gasteiger partial charge in [-0.2, -0.15) is 0 Å². The maximum atomic E-state index is 14.5. The zero-order valence-corrected chi connectivity index (χ0v) is 24.7. The van der Waals surface area contributed by atoms with Crippen LogP contribution in [-0.2, 0) is 22.6 Å². The molecule has 11 heteroatoms. The number of phenolic OH excluding ortho intramolecular Hbond substituents is 1. The van der Waals surface area contributed by atoms with E-state index >= 15 is 0 Å². The van der Waals surface area contributed by atoms with Gasteiger partial charge < -0.3 is 39.7 Å². The molecule has 5 atom stereocenters. The molecular weight excluding hydrogens is 584 g/mol. The first-order valence-electron chi connectivity index (χ1n) is 14.5. The molecule has 1 aliphatic heterocycles. The Morgan fingerprint density at radius 3 is 2.38 bits per heavy atom. The average Bonchev–Trinajstić information content (AvgIpc) is 3.02. The van der Waals surface area contributed by atoms with E-state index in [-0.39, 0.29) is 50.4 Å². The highest BCUT2D eigenvalue weighted by atomic mass is 16.7. The average molecular weight is 617 g/mol. The van der Waals surface area contributed by atoms with Crippen LogP contribution in [0.1, 0.15) is 79.9 Å². The zero-order chi connectivity index (χ0) is 32.3. The minimum atomic E-state index is -1.67. The maximum Gasteiger partial charge on any atom is 0.308 e. The lowest BCUT2D eigenvalue weighted by Gasteiger charge is -2.39. The lowest BCUT2D eigenvalue weighted by atomic mass is 9.75. The van der Waals surface area contributed by atoms with Crippen molar-refractivity contribution in [3.63, 3.8) is 0 Å². The number of ether oxygens (including phenoxy) is 3. The molecule has 11 nitrogen and oxygen atoms in total. The lowest BCUT2D eigenvalue weighted by molar-refractivity contribution is -0.268. The number of aliphatic hydroxyl groups excluding tert-OH is 4. The first-order valence-corrected chi connectivity index (χ1v) is 14.5. The molecule has 0 spiro atoms. The molecule has 1 heterocycles. The van der Waals surface area contributed by atoms with Crippen LogP contribution >= 0.6 is 0 Å². The monoisotopic (exact) mass is 616 g/mol. The molecule has 2 aliphatic carbocycles. The third-order valence-electron chi connectivity index (χ3n) is 8.65. The highest BCUT2D eigenvalue weighted by molar-refractivity contribution is 6.31. The van der Waals surface area contributed by atoms with Crippen LogP contribution in [0.2, 0.25) is 0 Å². The topological polar surface area (TPSA) is 180 Å². The van der Waals surface area contributed by atoms with Crippen molar-refractivity contribution >= 4 is 29.2 Å². The molecule has 6 rings (SSSR count). The molecule has 0 unspecified atom stereocenters. The molecule has 1 fully saturated rings. The van der Waals surface area contributed by atoms with Gasteiger partial charge in [0, 0.05) is 34.7 Å². The van der Waals surface area contributed by atoms with E-state index in [4.69, 9.17) is 14.2 Å². The van der Waals surface area contributed by atoms with E-state index in [1.54, 1.807) is 0 Å². The van der Waals surface area contributed by atoms with Gasteiger partial charge in [-0.3, -0.25) is 14.4 Å². The Labute approximate surface area is 257 Å². The van der Waals surface area contributed by atoms with Gasteiger partial charge in [-0.05, 0) is 61.1 Å². The fourth-order valence-corrected chi connectivity index (χ4v) is 6.28. The van der Waals surface area contributed by atoms with Crippen LogP contribution < -0.4 is 9.47 Å². The molecule has 3 aromatic rings. The highest BCUT2D eigenvalue weighted by Crippen LogP contribution is 2.47. The first kappa shape index (κ1) is 30.6. The number of phenols is 1. The molecule has 0 saturated carbocycles. The van der Waals surface area contributed by atoms with Gasteiger partial charge in [-0.25, -0.2) is 0 Å². The SMILES string of the molecule is CC(=O)Oc1cc(CO)c2c(c1C1=Cc3ccccc3CC1)C(=O)c1cc(O[C@H]3O[C@@H](C)[C@@H](O)[C@@H](O)[C@H]3O)c(C)c(O)c1C2=O. The van der Waals surface area contributed by atoms with Crippen molar-refractivity contribution in [2.24, 2.45) is 0 Å². The molecule has 0 bridgehead atoms. The number of esters is 1. The van der Waals surface area contributed by atoms with Crippen molar-refractivity contribution in [2.75, 3.05) is 0 Å². The summed E-state index contributed by atoms with van der Waals surface area (Å²) in [6.45, 7) is 3.47. The second kappa shape index (κ2) is 11.5. The molecule has 3 aromatic carbocycles. The minimum Gasteiger partial charge on any atom is -0.507 e. The minimum absolute atomic E-state index is 0.00796. The van der Waals surface area contributed by atoms with Crippen molar-refractivity contribution in [1.29, 1.82) is 0 Å². The number of aromatic hydroxyl groups is 1. The molecule has 0 aromatic heterocycles. The number of fused-ring (bicyclic) bond motifs is 3. The van der Waals surface area contributed by atoms with Crippen LogP contribution in [0.15, 0.2) is 36.4 Å². The van der Waals surface area contributed by atoms with Crippen LogP contribution in [0.5, 0.6) is 17.2 Å². The highest BCUT2D eigenvalue weighted by Gasteiger charge is 2.44. The lowest BCUT2D eigenvalue weighted by Crippen LogP contribution is -2.58. The number of allylic oxidation sites excluding steroid dienone is 1. The maximum absolute atomic E-state index is 14.5. The predicted molar refractivity (Wildman–Crippen MR) is 159 cm³/mol. The van der Waals surface area contributed by atoms with Crippen LogP contribution in [0.25, 0.3) is 11.6 Å². The standard InChI is InChI=1S/C34H32O11/c1-14-22(45-34-33(42)32(41)29(38)15(2)43-34)12-21-26(28(14)37)31(40)25-20(13-35)11-23(44-16(3)36)24(27(25)30(21)39)19-9-8-17-6-4-5-7-18(17)10-19/h4-7,10-12,15,29,32-35,37-38,41-42H,8-9,13H2,1-3H3/t15-,29+,32+,33+,34+/m0/s1. The largest absolute Gasteiger partial charge is 0.507 e. The summed E-state index contributed by atoms with van der Waals surface area (Å²) >= 11 is 0. The third-order valence-corrected chi connectivity index (χ3v) is 8.65. The van der Waals surface area contributed by atoms with E-state index in [9.17, 15) is 39.9 Å². The number of aryl methyl sites for hydroxylation is 1. The Morgan fingerprint density at radius 1 is 0.933 bits per heavy atom. The summed E-state index contributed by atoms with van der Waals surface area (Å²) in [5, 5.41) is 52.4. The van der Waals surface area contributed by atoms with E-state index in [0.717, 1.165) is 11.1 Å². The van der Waals surface area contributed by atoms with Gasteiger partial charge in [-0.15, -0.1) is 0 Å². The van der Waals surface area contributed by atoms with E-state index in [2.05, 4.69) is 0 Å². The van der Waals surface area contributed by atoms with Gasteiger partial charge in [0.2, 0.25) is 6.29 Å². The summed E-state index contributed by atoms with van der Waals surface area (Å²) in [5.41, 5.74) is 2.25. The van der Waals surface area contributed by atoms with Crippen molar-refractivity contribution < 1.29 is 54.1 Å². The summed E-state index contributed by atoms with van der Waals surface area (Å²) in [4.78, 5) is 40.8. The van der Waals surface area contributed by atoms with Gasteiger partial charge >= 0.3 is 5.97 Å². The summed E-state index contributed by atoms with van der Waals surface area (Å²) < 4.78 is 16.9. The van der Waals surface area contributed by atoms with Gasteiger partial charge in [0.1, 0.15) is 35.6 Å². The van der Waals surface area contributed by atoms with E-state index < -0.39 is 60.6 Å². The third kappa shape index (κ3) is 5.02. The van der Waals surface area contributed by atoms with Crippen molar-refractivity contribution in [3.05, 3.63) is 86.5 Å². The summed E-state index contributed by atoms with van der Waals surface area (Å²) in [6.07, 6.45) is -4.07. The number of carbonyl (C=O) groups is 3. The molecule has 1 saturated heterocycles. The number of benzene rings is 3. The van der Waals surface area contributed by atoms with Gasteiger partial charge in [0.05, 0.1) is 18.3 Å². The number of hydrogen-bond donors (Lipinski definition) is 5. The molecule has 234 valence electrons. The second-order valence-corrected chi connectivity index (χ2v) is 11.5. The summed E-state index contributed by atoms with van der Waals surface area (Å²) in [6, 6.07) is 10.3. The van der Waals surface area contributed by atoms with Gasteiger partial charge in [0.15, 0.2) is 11.6 Å². The quantitative estimate of drug-likeness (QED) is 0.164. The number of rotatable bonds is 5. The number of carbonyl (C=O) groups excluding carboxylic acids is 3. The summed E-state index contributed by atoms with van der Waals surface area (Å²) in [5.74, 6) is -2.72. The molecule has 5 N–H and O–H groups in total. The Balaban J connectivity index is 1.54. The Morgan fingerprint density at radius 2 is 1.67 bits per heavy atom. The van der Waals surface area contributed by atoms with Crippen molar-refractivity contribution in [3.8, 4) is 17.2 Å². The number of hydrogen-bond acceptors (Lipinski definition) is 11. The van der Waals surface area contributed by atoms with Crippen LogP contribution in [0.4, 0.5) is 0 Å². The second-order valence-electron chi connectivity index (χ2n) is 11.5. The van der Waals surface area contributed by atoms with Crippen LogP contribution in [0, 0.1) is 6.92 Å². The van der Waals surface area contributed by atoms with E-state index in [1.165, 1.54) is 32.9 Å². The molecule has 45 heavy (non-hydrogen) atoms. The smallest absolute Gasteiger partial charge is 0.308 e. The normalized spacial score (nSPS) is 23.9. The Hall–Kier alpha value is -4.39. The predicted octanol–water partition coefficient (Wildman–Crippen LogP) is 2.59. The van der Waals surface area contributed by atoms with Crippen molar-refractivity contribution in [1.82, 2.24) is 0 Å². The Bertz CT molecular complexity index is 1790. The molecule has 3 aliphatic rings. The number of aliphatic hydroxyl groups is 4. The fourth-order valence-electron chi connectivity index (χ4n) is 6.28. The fraction of sp³-hybridized carbons (Fsp3) is 0.324. The van der Waals surface area contributed by atoms with Gasteiger partial charge in [-0.1, -0.05) is 30.3 Å². The van der Waals surface area contributed by atoms with Gasteiger partial charge in [0.25, 0.3) is 0 Å². The van der Waals surface area contributed by atoms with Crippen LogP contribution in [0.3, 0.4) is 0 Å². The molecular formula is C34H32O11. The summed E-state index contributed by atoms with van der Waals surface area (Å²) in [7, 11) is 0. The first-order chi connectivity index (χ1) is 21.4. The van der Waals surface area contributed by atoms with E-state index in [0.29, 0.717) is 18.4 Å². The van der Waals surface area contributed by atoms with E-state index in [1.807, 2.05) is 30.3 Å². The molecule has 0 amide bonds. The molecule has 0 radical (unpaired) electrons. The Kier molecular flexibility index (Phi) is 7.84. The van der Waals surface area contributed by atoms with Crippen molar-refractivity contribution in [2.45, 2.75) is 70.9 Å².